The summed E-state index contributed by atoms with van der Waals surface area (Å²) in [5.41, 5.74) is 0. The zero-order chi connectivity index (χ0) is 21.6. The number of carbonyl (C=O) groups is 1. The molecule has 0 fully saturated rings. The van der Waals surface area contributed by atoms with Gasteiger partial charge in [-0.15, -0.1) is 0 Å². The minimum atomic E-state index is -4.63. The van der Waals surface area contributed by atoms with Crippen molar-refractivity contribution in [2.24, 2.45) is 0 Å². The third-order valence-corrected chi connectivity index (χ3v) is 3.68. The molecule has 1 aromatic carbocycles. The van der Waals surface area contributed by atoms with Crippen LogP contribution in [0.15, 0.2) is 30.6 Å². The van der Waals surface area contributed by atoms with Crippen molar-refractivity contribution in [2.75, 3.05) is 25.5 Å². The maximum atomic E-state index is 13.6. The van der Waals surface area contributed by atoms with E-state index < -0.39 is 36.5 Å². The van der Waals surface area contributed by atoms with E-state index in [-0.39, 0.29) is 24.0 Å². The molecule has 0 aliphatic carbocycles. The lowest BCUT2D eigenvalue weighted by molar-refractivity contribution is -0.214. The molecule has 0 saturated carbocycles. The lowest BCUT2D eigenvalue weighted by Gasteiger charge is -2.27. The normalized spacial score (nSPS) is 12.4. The van der Waals surface area contributed by atoms with Gasteiger partial charge in [0.25, 0.3) is 0 Å². The first-order chi connectivity index (χ1) is 13.6. The van der Waals surface area contributed by atoms with Crippen molar-refractivity contribution >= 4 is 11.8 Å². The number of carbonyl (C=O) groups excluding carboxylic acids is 1. The second-order valence-corrected chi connectivity index (χ2v) is 5.65. The SMILES string of the molecule is CCN(C[C@@H](OC)C(F)(F)F)C(=O)Nc1cnc(Oc2ccc(F)cc2F)cn1. The quantitative estimate of drug-likeness (QED) is 0.686. The van der Waals surface area contributed by atoms with Gasteiger partial charge in [-0.3, -0.25) is 5.32 Å². The first-order valence-electron chi connectivity index (χ1n) is 8.24. The fraction of sp³-hybridized carbons (Fsp3) is 0.353. The van der Waals surface area contributed by atoms with Gasteiger partial charge in [0.1, 0.15) is 5.82 Å². The highest BCUT2D eigenvalue weighted by Gasteiger charge is 2.41. The lowest BCUT2D eigenvalue weighted by Crippen LogP contribution is -2.46. The van der Waals surface area contributed by atoms with Crippen LogP contribution in [0.25, 0.3) is 0 Å². The maximum absolute atomic E-state index is 13.6. The third-order valence-electron chi connectivity index (χ3n) is 3.68. The zero-order valence-corrected chi connectivity index (χ0v) is 15.3. The minimum Gasteiger partial charge on any atom is -0.434 e. The molecular weight excluding hydrogens is 403 g/mol. The summed E-state index contributed by atoms with van der Waals surface area (Å²) < 4.78 is 74.4. The summed E-state index contributed by atoms with van der Waals surface area (Å²) in [6, 6.07) is 1.85. The van der Waals surface area contributed by atoms with Crippen LogP contribution >= 0.6 is 0 Å². The summed E-state index contributed by atoms with van der Waals surface area (Å²) in [5.74, 6) is -2.22. The first kappa shape index (κ1) is 22.3. The molecule has 0 aliphatic rings. The summed E-state index contributed by atoms with van der Waals surface area (Å²) >= 11 is 0. The molecule has 1 heterocycles. The van der Waals surface area contributed by atoms with Crippen molar-refractivity contribution in [1.82, 2.24) is 14.9 Å². The van der Waals surface area contributed by atoms with Gasteiger partial charge in [-0.05, 0) is 19.1 Å². The van der Waals surface area contributed by atoms with Crippen LogP contribution in [0.3, 0.4) is 0 Å². The number of rotatable bonds is 7. The molecule has 0 radical (unpaired) electrons. The first-order valence-corrected chi connectivity index (χ1v) is 8.24. The largest absolute Gasteiger partial charge is 0.434 e. The molecular formula is C17H17F5N4O3. The number of nitrogens with one attached hydrogen (secondary N) is 1. The summed E-state index contributed by atoms with van der Waals surface area (Å²) in [4.78, 5) is 20.7. The van der Waals surface area contributed by atoms with E-state index in [4.69, 9.17) is 4.74 Å². The standard InChI is InChI=1S/C17H17F5N4O3/c1-3-26(9-13(28-2)17(20,21)22)16(27)25-14-7-24-15(8-23-14)29-12-5-4-10(18)6-11(12)19/h4-8,13H,3,9H2,1-2H3,(H,23,25,27)/t13-/m1/s1. The molecule has 0 aliphatic heterocycles. The number of urea groups is 1. The summed E-state index contributed by atoms with van der Waals surface area (Å²) in [6.45, 7) is 0.781. The number of likely N-dealkylation sites (N-methyl/N-ethyl adjacent to an activating group) is 1. The van der Waals surface area contributed by atoms with Gasteiger partial charge in [-0.25, -0.2) is 23.5 Å². The monoisotopic (exact) mass is 420 g/mol. The van der Waals surface area contributed by atoms with E-state index in [1.807, 2.05) is 0 Å². The van der Waals surface area contributed by atoms with Crippen molar-refractivity contribution in [1.29, 1.82) is 0 Å². The van der Waals surface area contributed by atoms with E-state index in [2.05, 4.69) is 20.0 Å². The van der Waals surface area contributed by atoms with Gasteiger partial charge in [0, 0.05) is 19.7 Å². The average Bonchev–Trinajstić information content (AvgIpc) is 2.65. The highest BCUT2D eigenvalue weighted by molar-refractivity contribution is 5.88. The maximum Gasteiger partial charge on any atom is 0.416 e. The molecule has 158 valence electrons. The van der Waals surface area contributed by atoms with Crippen LogP contribution in [0.4, 0.5) is 32.6 Å². The third kappa shape index (κ3) is 6.24. The molecule has 1 N–H and O–H groups in total. The summed E-state index contributed by atoms with van der Waals surface area (Å²) in [6.07, 6.45) is -4.64. The molecule has 0 unspecified atom stereocenters. The van der Waals surface area contributed by atoms with Crippen LogP contribution in [0.2, 0.25) is 0 Å². The number of aromatic nitrogens is 2. The van der Waals surface area contributed by atoms with Gasteiger partial charge < -0.3 is 14.4 Å². The minimum absolute atomic E-state index is 0.0137. The number of amides is 2. The van der Waals surface area contributed by atoms with Crippen molar-refractivity contribution in [3.63, 3.8) is 0 Å². The number of benzene rings is 1. The summed E-state index contributed by atoms with van der Waals surface area (Å²) in [5, 5.41) is 2.30. The molecule has 1 aromatic heterocycles. The lowest BCUT2D eigenvalue weighted by atomic mass is 10.3. The van der Waals surface area contributed by atoms with E-state index in [1.165, 1.54) is 6.92 Å². The van der Waals surface area contributed by atoms with E-state index in [9.17, 15) is 26.7 Å². The fourth-order valence-electron chi connectivity index (χ4n) is 2.16. The fourth-order valence-corrected chi connectivity index (χ4v) is 2.16. The molecule has 1 atom stereocenters. The predicted molar refractivity (Wildman–Crippen MR) is 91.6 cm³/mol. The molecule has 2 rings (SSSR count). The van der Waals surface area contributed by atoms with Crippen LogP contribution in [0, 0.1) is 11.6 Å². The van der Waals surface area contributed by atoms with E-state index in [0.717, 1.165) is 36.5 Å². The molecule has 0 spiro atoms. The van der Waals surface area contributed by atoms with Crippen LogP contribution in [0.1, 0.15) is 6.92 Å². The number of methoxy groups -OCH3 is 1. The molecule has 7 nitrogen and oxygen atoms in total. The summed E-state index contributed by atoms with van der Waals surface area (Å²) in [7, 11) is 0.901. The second kappa shape index (κ2) is 9.45. The Morgan fingerprint density at radius 1 is 1.24 bits per heavy atom. The smallest absolute Gasteiger partial charge is 0.416 e. The highest BCUT2D eigenvalue weighted by Crippen LogP contribution is 2.24. The molecule has 12 heteroatoms. The predicted octanol–water partition coefficient (Wildman–Crippen LogP) is 3.98. The van der Waals surface area contributed by atoms with E-state index in [1.54, 1.807) is 0 Å². The Labute approximate surface area is 162 Å². The Morgan fingerprint density at radius 3 is 2.48 bits per heavy atom. The van der Waals surface area contributed by atoms with Crippen LogP contribution in [-0.4, -0.2) is 53.4 Å². The zero-order valence-electron chi connectivity index (χ0n) is 15.3. The van der Waals surface area contributed by atoms with Gasteiger partial charge in [0.05, 0.1) is 18.9 Å². The number of anilines is 1. The number of halogens is 5. The number of nitrogens with zero attached hydrogens (tertiary/aromatic N) is 3. The van der Waals surface area contributed by atoms with E-state index in [0.29, 0.717) is 6.07 Å². The van der Waals surface area contributed by atoms with Gasteiger partial charge in [-0.2, -0.15) is 13.2 Å². The molecule has 2 aromatic rings. The molecule has 2 amide bonds. The number of hydrogen-bond acceptors (Lipinski definition) is 5. The van der Waals surface area contributed by atoms with Gasteiger partial charge in [-0.1, -0.05) is 0 Å². The second-order valence-electron chi connectivity index (χ2n) is 5.65. The Kier molecular flexibility index (Phi) is 7.26. The molecule has 29 heavy (non-hydrogen) atoms. The Morgan fingerprint density at radius 2 is 1.97 bits per heavy atom. The topological polar surface area (TPSA) is 76.6 Å². The van der Waals surface area contributed by atoms with Crippen molar-refractivity contribution < 1.29 is 36.2 Å². The van der Waals surface area contributed by atoms with Crippen LogP contribution in [0.5, 0.6) is 11.6 Å². The van der Waals surface area contributed by atoms with Crippen molar-refractivity contribution in [3.05, 3.63) is 42.2 Å². The van der Waals surface area contributed by atoms with Gasteiger partial charge >= 0.3 is 12.2 Å². The Balaban J connectivity index is 2.01. The number of ether oxygens (including phenoxy) is 2. The number of hydrogen-bond donors (Lipinski definition) is 1. The molecule has 0 saturated heterocycles. The van der Waals surface area contributed by atoms with E-state index >= 15 is 0 Å². The van der Waals surface area contributed by atoms with Crippen molar-refractivity contribution in [2.45, 2.75) is 19.2 Å². The van der Waals surface area contributed by atoms with Crippen molar-refractivity contribution in [3.8, 4) is 11.6 Å². The Hall–Kier alpha value is -3.02. The average molecular weight is 420 g/mol. The van der Waals surface area contributed by atoms with Crippen LogP contribution in [-0.2, 0) is 4.74 Å². The number of alkyl halides is 3. The van der Waals surface area contributed by atoms with Crippen LogP contribution < -0.4 is 10.1 Å². The van der Waals surface area contributed by atoms with Gasteiger partial charge in [0.15, 0.2) is 23.5 Å². The highest BCUT2D eigenvalue weighted by atomic mass is 19.4. The molecule has 0 bridgehead atoms. The van der Waals surface area contributed by atoms with Gasteiger partial charge in [0.2, 0.25) is 5.88 Å². The Bertz CT molecular complexity index is 833.